The molecule has 0 spiro atoms. The summed E-state index contributed by atoms with van der Waals surface area (Å²) in [6, 6.07) is 6.61. The minimum Gasteiger partial charge on any atom is -0.277 e. The largest absolute Gasteiger partial charge is 0.277 e. The van der Waals surface area contributed by atoms with Crippen LogP contribution >= 0.6 is 0 Å². The van der Waals surface area contributed by atoms with Crippen molar-refractivity contribution in [3.05, 3.63) is 59.4 Å². The van der Waals surface area contributed by atoms with Gasteiger partial charge in [0.05, 0.1) is 5.69 Å². The van der Waals surface area contributed by atoms with E-state index in [1.807, 2.05) is 0 Å². The van der Waals surface area contributed by atoms with Crippen molar-refractivity contribution in [3.63, 3.8) is 0 Å². The minimum absolute atomic E-state index is 0.636. The van der Waals surface area contributed by atoms with Gasteiger partial charge in [0.25, 0.3) is 10.0 Å². The molecule has 0 amide bonds. The second kappa shape index (κ2) is 5.46. The van der Waals surface area contributed by atoms with Crippen LogP contribution in [-0.2, 0) is 10.0 Å². The van der Waals surface area contributed by atoms with Gasteiger partial charge in [-0.05, 0) is 24.3 Å². The summed E-state index contributed by atoms with van der Waals surface area (Å²) in [5.41, 5.74) is -1.34. The molecule has 0 bridgehead atoms. The maximum atomic E-state index is 13.4. The lowest BCUT2D eigenvalue weighted by molar-refractivity contribution is 0.589. The Hall–Kier alpha value is -2.53. The number of sulfonamides is 1. The van der Waals surface area contributed by atoms with Crippen LogP contribution in [0.25, 0.3) is 0 Å². The monoisotopic (exact) mass is 312 g/mol. The minimum atomic E-state index is -4.44. The second-order valence-electron chi connectivity index (χ2n) is 3.95. The molecule has 0 aliphatic heterocycles. The van der Waals surface area contributed by atoms with Crippen LogP contribution in [-0.4, -0.2) is 8.42 Å². The van der Waals surface area contributed by atoms with Gasteiger partial charge in [-0.3, -0.25) is 4.72 Å². The van der Waals surface area contributed by atoms with Gasteiger partial charge in [-0.15, -0.1) is 0 Å². The summed E-state index contributed by atoms with van der Waals surface area (Å²) in [5, 5.41) is 8.81. The summed E-state index contributed by atoms with van der Waals surface area (Å²) >= 11 is 0. The first kappa shape index (κ1) is 14.9. The second-order valence-corrected chi connectivity index (χ2v) is 5.61. The fourth-order valence-corrected chi connectivity index (χ4v) is 2.84. The van der Waals surface area contributed by atoms with E-state index in [1.165, 1.54) is 6.07 Å². The van der Waals surface area contributed by atoms with Crippen LogP contribution in [0.15, 0.2) is 41.3 Å². The summed E-state index contributed by atoms with van der Waals surface area (Å²) in [7, 11) is -4.44. The topological polar surface area (TPSA) is 70.0 Å². The van der Waals surface area contributed by atoms with Crippen LogP contribution in [0.5, 0.6) is 0 Å². The summed E-state index contributed by atoms with van der Waals surface area (Å²) in [4.78, 5) is -0.659. The van der Waals surface area contributed by atoms with Gasteiger partial charge < -0.3 is 0 Å². The van der Waals surface area contributed by atoms with Crippen molar-refractivity contribution >= 4 is 15.7 Å². The van der Waals surface area contributed by atoms with Gasteiger partial charge in [0.2, 0.25) is 0 Å². The number of benzene rings is 2. The molecule has 2 aromatic rings. The number of halogens is 3. The molecule has 0 unspecified atom stereocenters. The normalized spacial score (nSPS) is 11.0. The number of hydrogen-bond donors (Lipinski definition) is 1. The number of nitrogens with one attached hydrogen (secondary N) is 1. The molecule has 0 aliphatic rings. The molecule has 0 fully saturated rings. The van der Waals surface area contributed by atoms with Gasteiger partial charge in [0.15, 0.2) is 0 Å². The Balaban J connectivity index is 2.52. The molecule has 2 rings (SSSR count). The molecule has 0 aliphatic carbocycles. The number of rotatable bonds is 3. The smallest absolute Gasteiger partial charge is 0.263 e. The number of anilines is 1. The maximum Gasteiger partial charge on any atom is 0.263 e. The first-order chi connectivity index (χ1) is 9.85. The maximum absolute atomic E-state index is 13.4. The predicted molar refractivity (Wildman–Crippen MR) is 68.3 cm³/mol. The zero-order valence-corrected chi connectivity index (χ0v) is 11.1. The lowest BCUT2D eigenvalue weighted by Crippen LogP contribution is -2.16. The van der Waals surface area contributed by atoms with Crippen LogP contribution in [0.4, 0.5) is 18.9 Å². The predicted octanol–water partition coefficient (Wildman–Crippen LogP) is 2.78. The zero-order valence-electron chi connectivity index (χ0n) is 10.3. The first-order valence-electron chi connectivity index (χ1n) is 5.51. The molecule has 4 nitrogen and oxygen atoms in total. The number of nitrogens with zero attached hydrogens (tertiary/aromatic N) is 1. The van der Waals surface area contributed by atoms with Crippen LogP contribution in [0.1, 0.15) is 5.56 Å². The fourth-order valence-electron chi connectivity index (χ4n) is 1.61. The standard InChI is InChI=1S/C13H7F3N2O2S/c14-8-4-5-11(16)12(6-8)18-21(19,20)13-3-1-2-10(15)9(13)7-17/h1-6,18H. The van der Waals surface area contributed by atoms with E-state index < -0.39 is 43.6 Å². The molecule has 0 aromatic heterocycles. The third kappa shape index (κ3) is 2.98. The molecule has 108 valence electrons. The first-order valence-corrected chi connectivity index (χ1v) is 7.00. The third-order valence-corrected chi connectivity index (χ3v) is 3.96. The van der Waals surface area contributed by atoms with E-state index in [0.29, 0.717) is 6.07 Å². The van der Waals surface area contributed by atoms with Crippen LogP contribution in [0.3, 0.4) is 0 Å². The van der Waals surface area contributed by atoms with Crippen molar-refractivity contribution in [2.75, 3.05) is 4.72 Å². The van der Waals surface area contributed by atoms with Crippen molar-refractivity contribution < 1.29 is 21.6 Å². The van der Waals surface area contributed by atoms with Gasteiger partial charge in [-0.1, -0.05) is 6.07 Å². The van der Waals surface area contributed by atoms with E-state index in [0.717, 1.165) is 30.3 Å². The highest BCUT2D eigenvalue weighted by Crippen LogP contribution is 2.23. The van der Waals surface area contributed by atoms with E-state index in [1.54, 1.807) is 4.72 Å². The van der Waals surface area contributed by atoms with Gasteiger partial charge in [-0.2, -0.15) is 5.26 Å². The average molecular weight is 312 g/mol. The Bertz CT molecular complexity index is 845. The molecule has 2 aromatic carbocycles. The molecular weight excluding hydrogens is 305 g/mol. The SMILES string of the molecule is N#Cc1c(F)cccc1S(=O)(=O)Nc1cc(F)ccc1F. The molecule has 0 heterocycles. The fraction of sp³-hybridized carbons (Fsp3) is 0. The van der Waals surface area contributed by atoms with Crippen molar-refractivity contribution in [1.29, 1.82) is 5.26 Å². The van der Waals surface area contributed by atoms with Crippen LogP contribution < -0.4 is 4.72 Å². The highest BCUT2D eigenvalue weighted by Gasteiger charge is 2.22. The molecule has 1 N–H and O–H groups in total. The summed E-state index contributed by atoms with van der Waals surface area (Å²) < 4.78 is 65.8. The van der Waals surface area contributed by atoms with Gasteiger partial charge in [0, 0.05) is 6.07 Å². The van der Waals surface area contributed by atoms with E-state index in [2.05, 4.69) is 0 Å². The van der Waals surface area contributed by atoms with Crippen molar-refractivity contribution in [1.82, 2.24) is 0 Å². The Kier molecular flexibility index (Phi) is 3.86. The molecule has 0 saturated heterocycles. The highest BCUT2D eigenvalue weighted by atomic mass is 32.2. The molecular formula is C13H7F3N2O2S. The Morgan fingerprint density at radius 2 is 1.76 bits per heavy atom. The van der Waals surface area contributed by atoms with Crippen molar-refractivity contribution in [2.45, 2.75) is 4.90 Å². The quantitative estimate of drug-likeness (QED) is 0.947. The van der Waals surface area contributed by atoms with Gasteiger partial charge in [0.1, 0.15) is 34.0 Å². The van der Waals surface area contributed by atoms with E-state index in [4.69, 9.17) is 5.26 Å². The van der Waals surface area contributed by atoms with E-state index >= 15 is 0 Å². The molecule has 0 atom stereocenters. The van der Waals surface area contributed by atoms with E-state index in [9.17, 15) is 21.6 Å². The summed E-state index contributed by atoms with van der Waals surface area (Å²) in [6.07, 6.45) is 0. The van der Waals surface area contributed by atoms with Crippen LogP contribution in [0, 0.1) is 28.8 Å². The lowest BCUT2D eigenvalue weighted by Gasteiger charge is -2.10. The molecule has 0 radical (unpaired) electrons. The van der Waals surface area contributed by atoms with E-state index in [-0.39, 0.29) is 0 Å². The zero-order chi connectivity index (χ0) is 15.6. The Morgan fingerprint density at radius 3 is 2.43 bits per heavy atom. The third-order valence-electron chi connectivity index (χ3n) is 2.55. The van der Waals surface area contributed by atoms with Crippen molar-refractivity contribution in [2.24, 2.45) is 0 Å². The van der Waals surface area contributed by atoms with Gasteiger partial charge in [-0.25, -0.2) is 21.6 Å². The Labute approximate surface area is 118 Å². The molecule has 0 saturated carbocycles. The highest BCUT2D eigenvalue weighted by molar-refractivity contribution is 7.92. The Morgan fingerprint density at radius 1 is 1.05 bits per heavy atom. The van der Waals surface area contributed by atoms with Crippen LogP contribution in [0.2, 0.25) is 0 Å². The molecule has 21 heavy (non-hydrogen) atoms. The van der Waals surface area contributed by atoms with Crippen molar-refractivity contribution in [3.8, 4) is 6.07 Å². The number of hydrogen-bond acceptors (Lipinski definition) is 3. The summed E-state index contributed by atoms with van der Waals surface area (Å²) in [5.74, 6) is -2.89. The van der Waals surface area contributed by atoms with Gasteiger partial charge >= 0.3 is 0 Å². The average Bonchev–Trinajstić information content (AvgIpc) is 2.42. The number of nitriles is 1. The summed E-state index contributed by atoms with van der Waals surface area (Å²) in [6.45, 7) is 0. The molecule has 8 heteroatoms. The lowest BCUT2D eigenvalue weighted by atomic mass is 10.2.